The van der Waals surface area contributed by atoms with Crippen molar-refractivity contribution in [3.8, 4) is 0 Å². The lowest BCUT2D eigenvalue weighted by atomic mass is 9.93. The number of hydrogen-bond donors (Lipinski definition) is 0. The molecule has 0 aliphatic carbocycles. The Kier molecular flexibility index (Phi) is 42.1. The maximum atomic E-state index is 12.3. The predicted octanol–water partition coefficient (Wildman–Crippen LogP) is 15.2. The standard InChI is InChI=1S/C51H101NO5/c1-8-12-31-47(32-13-9-2)39-43-56-50(53)37-28-24-20-16-18-22-26-35-49(45-55-42-30-41-52(7)46(5)6)36-27-23-19-17-21-25-29-38-51(54)57-44-40-48(33-14-10-3)34-15-11-4/h46-49H,8-45H2,1-7H3. The van der Waals surface area contributed by atoms with E-state index in [0.717, 1.165) is 76.5 Å². The van der Waals surface area contributed by atoms with Crippen molar-refractivity contribution in [2.75, 3.05) is 40.0 Å². The molecule has 0 heterocycles. The van der Waals surface area contributed by atoms with Crippen molar-refractivity contribution >= 4 is 11.9 Å². The summed E-state index contributed by atoms with van der Waals surface area (Å²) in [5.74, 6) is 2.13. The number of carbonyl (C=O) groups excluding carboxylic acids is 2. The largest absolute Gasteiger partial charge is 0.466 e. The van der Waals surface area contributed by atoms with Crippen LogP contribution in [0.15, 0.2) is 0 Å². The van der Waals surface area contributed by atoms with E-state index in [2.05, 4.69) is 53.5 Å². The first-order valence-electron chi connectivity index (χ1n) is 25.4. The molecule has 340 valence electrons. The third kappa shape index (κ3) is 38.8. The van der Waals surface area contributed by atoms with Crippen LogP contribution in [0.2, 0.25) is 0 Å². The minimum absolute atomic E-state index is 0.00751. The number of carbonyl (C=O) groups is 2. The molecule has 0 spiro atoms. The minimum Gasteiger partial charge on any atom is -0.466 e. The first kappa shape index (κ1) is 55.9. The van der Waals surface area contributed by atoms with Crippen molar-refractivity contribution < 1.29 is 23.8 Å². The molecule has 6 heteroatoms. The summed E-state index contributed by atoms with van der Waals surface area (Å²) in [5, 5.41) is 0. The van der Waals surface area contributed by atoms with Gasteiger partial charge in [-0.3, -0.25) is 9.59 Å². The Balaban J connectivity index is 4.17. The van der Waals surface area contributed by atoms with Gasteiger partial charge in [-0.1, -0.05) is 182 Å². The zero-order valence-corrected chi connectivity index (χ0v) is 39.7. The second kappa shape index (κ2) is 43.0. The van der Waals surface area contributed by atoms with Gasteiger partial charge in [0.05, 0.1) is 13.2 Å². The normalized spacial score (nSPS) is 11.9. The van der Waals surface area contributed by atoms with E-state index in [-0.39, 0.29) is 11.9 Å². The van der Waals surface area contributed by atoms with Crippen molar-refractivity contribution in [3.63, 3.8) is 0 Å². The highest BCUT2D eigenvalue weighted by Gasteiger charge is 2.13. The second-order valence-electron chi connectivity index (χ2n) is 18.2. The van der Waals surface area contributed by atoms with Gasteiger partial charge in [0.1, 0.15) is 0 Å². The molecule has 0 N–H and O–H groups in total. The molecular weight excluding hydrogens is 707 g/mol. The molecule has 6 nitrogen and oxygen atoms in total. The fourth-order valence-electron chi connectivity index (χ4n) is 8.07. The molecule has 0 radical (unpaired) electrons. The smallest absolute Gasteiger partial charge is 0.305 e. The first-order chi connectivity index (χ1) is 27.8. The summed E-state index contributed by atoms with van der Waals surface area (Å²) in [6.45, 7) is 17.6. The van der Waals surface area contributed by atoms with Crippen molar-refractivity contribution in [2.24, 2.45) is 17.8 Å². The highest BCUT2D eigenvalue weighted by atomic mass is 16.5. The average molecular weight is 808 g/mol. The molecule has 0 unspecified atom stereocenters. The van der Waals surface area contributed by atoms with Crippen molar-refractivity contribution in [1.29, 1.82) is 0 Å². The Hall–Kier alpha value is -1.14. The SMILES string of the molecule is CCCCC(CCCC)CCOC(=O)CCCCCCCCCC(CCCCCCCCCC(=O)OCCC(CCCC)CCCC)COCCCN(C)C(C)C. The monoisotopic (exact) mass is 808 g/mol. The first-order valence-corrected chi connectivity index (χ1v) is 25.4. The summed E-state index contributed by atoms with van der Waals surface area (Å²) < 4.78 is 17.5. The Morgan fingerprint density at radius 2 is 0.772 bits per heavy atom. The van der Waals surface area contributed by atoms with E-state index in [1.54, 1.807) is 0 Å². The molecule has 0 amide bonds. The van der Waals surface area contributed by atoms with Crippen LogP contribution < -0.4 is 0 Å². The lowest BCUT2D eigenvalue weighted by Crippen LogP contribution is -2.28. The maximum absolute atomic E-state index is 12.3. The van der Waals surface area contributed by atoms with Crippen LogP contribution in [0.25, 0.3) is 0 Å². The van der Waals surface area contributed by atoms with Crippen molar-refractivity contribution in [2.45, 2.75) is 259 Å². The molecule has 0 fully saturated rings. The number of nitrogens with zero attached hydrogens (tertiary/aromatic N) is 1. The summed E-state index contributed by atoms with van der Waals surface area (Å²) in [7, 11) is 2.20. The molecule has 0 aromatic carbocycles. The maximum Gasteiger partial charge on any atom is 0.305 e. The molecule has 57 heavy (non-hydrogen) atoms. The lowest BCUT2D eigenvalue weighted by Gasteiger charge is -2.21. The van der Waals surface area contributed by atoms with Crippen molar-refractivity contribution in [3.05, 3.63) is 0 Å². The number of esters is 2. The number of ether oxygens (including phenoxy) is 3. The van der Waals surface area contributed by atoms with E-state index in [4.69, 9.17) is 14.2 Å². The molecular formula is C51H101NO5. The van der Waals surface area contributed by atoms with E-state index in [1.807, 2.05) is 0 Å². The van der Waals surface area contributed by atoms with Gasteiger partial charge in [-0.2, -0.15) is 0 Å². The number of rotatable bonds is 45. The molecule has 0 rings (SSSR count). The van der Waals surface area contributed by atoms with Gasteiger partial charge in [-0.15, -0.1) is 0 Å². The van der Waals surface area contributed by atoms with Gasteiger partial charge in [0.15, 0.2) is 0 Å². The van der Waals surface area contributed by atoms with E-state index in [0.29, 0.717) is 38.0 Å². The number of unbranched alkanes of at least 4 members (excludes halogenated alkanes) is 16. The van der Waals surface area contributed by atoms with Crippen LogP contribution in [0.5, 0.6) is 0 Å². The van der Waals surface area contributed by atoms with E-state index >= 15 is 0 Å². The zero-order valence-electron chi connectivity index (χ0n) is 39.7. The van der Waals surface area contributed by atoms with Crippen LogP contribution in [0.4, 0.5) is 0 Å². The van der Waals surface area contributed by atoms with Crippen LogP contribution in [0, 0.1) is 17.8 Å². The highest BCUT2D eigenvalue weighted by Crippen LogP contribution is 2.23. The van der Waals surface area contributed by atoms with Crippen LogP contribution in [0.3, 0.4) is 0 Å². The van der Waals surface area contributed by atoms with Gasteiger partial charge >= 0.3 is 11.9 Å². The van der Waals surface area contributed by atoms with Crippen LogP contribution in [-0.2, 0) is 23.8 Å². The molecule has 0 saturated heterocycles. The molecule has 0 aliphatic heterocycles. The predicted molar refractivity (Wildman–Crippen MR) is 246 cm³/mol. The molecule has 0 aliphatic rings. The Bertz CT molecular complexity index is 777. The third-order valence-electron chi connectivity index (χ3n) is 12.5. The Morgan fingerprint density at radius 3 is 1.14 bits per heavy atom. The summed E-state index contributed by atoms with van der Waals surface area (Å²) in [5.41, 5.74) is 0. The Morgan fingerprint density at radius 1 is 0.421 bits per heavy atom. The van der Waals surface area contributed by atoms with Crippen LogP contribution in [-0.4, -0.2) is 62.9 Å². The second-order valence-corrected chi connectivity index (χ2v) is 18.2. The van der Waals surface area contributed by atoms with Gasteiger partial charge in [0, 0.05) is 38.6 Å². The van der Waals surface area contributed by atoms with Gasteiger partial charge in [0.2, 0.25) is 0 Å². The fraction of sp³-hybridized carbons (Fsp3) is 0.961. The third-order valence-corrected chi connectivity index (χ3v) is 12.5. The Labute approximate surface area is 356 Å². The highest BCUT2D eigenvalue weighted by molar-refractivity contribution is 5.69. The quantitative estimate of drug-likeness (QED) is 0.0451. The molecule has 0 atom stereocenters. The van der Waals surface area contributed by atoms with E-state index in [9.17, 15) is 9.59 Å². The minimum atomic E-state index is 0.00751. The fourth-order valence-corrected chi connectivity index (χ4v) is 8.07. The number of hydrogen-bond acceptors (Lipinski definition) is 6. The van der Waals surface area contributed by atoms with Gasteiger partial charge < -0.3 is 19.1 Å². The van der Waals surface area contributed by atoms with Gasteiger partial charge in [-0.25, -0.2) is 0 Å². The average Bonchev–Trinajstić information content (AvgIpc) is 3.20. The van der Waals surface area contributed by atoms with E-state index < -0.39 is 0 Å². The molecule has 0 aromatic heterocycles. The zero-order chi connectivity index (χ0) is 42.0. The molecule has 0 saturated carbocycles. The summed E-state index contributed by atoms with van der Waals surface area (Å²) in [6.07, 6.45) is 39.2. The molecule has 0 bridgehead atoms. The van der Waals surface area contributed by atoms with Crippen LogP contribution in [0.1, 0.15) is 253 Å². The van der Waals surface area contributed by atoms with Crippen LogP contribution >= 0.6 is 0 Å². The summed E-state index contributed by atoms with van der Waals surface area (Å²) in [4.78, 5) is 27.0. The van der Waals surface area contributed by atoms with Crippen molar-refractivity contribution in [1.82, 2.24) is 4.90 Å². The summed E-state index contributed by atoms with van der Waals surface area (Å²) >= 11 is 0. The lowest BCUT2D eigenvalue weighted by molar-refractivity contribution is -0.145. The topological polar surface area (TPSA) is 65.1 Å². The van der Waals surface area contributed by atoms with E-state index in [1.165, 1.54) is 154 Å². The van der Waals surface area contributed by atoms with Gasteiger partial charge in [-0.05, 0) is 83.6 Å². The van der Waals surface area contributed by atoms with Gasteiger partial charge in [0.25, 0.3) is 0 Å². The molecule has 0 aromatic rings. The summed E-state index contributed by atoms with van der Waals surface area (Å²) in [6, 6.07) is 0.585.